The molecule has 1 aliphatic heterocycles. The van der Waals surface area contributed by atoms with Crippen LogP contribution in [-0.2, 0) is 0 Å². The van der Waals surface area contributed by atoms with Crippen LogP contribution in [0.2, 0.25) is 0 Å². The number of rotatable bonds is 4. The average molecular weight is 376 g/mol. The normalized spacial score (nSPS) is 19.8. The highest BCUT2D eigenvalue weighted by atomic mass is 16.1. The summed E-state index contributed by atoms with van der Waals surface area (Å²) in [5.74, 6) is 0.383. The summed E-state index contributed by atoms with van der Waals surface area (Å²) in [6.07, 6.45) is 11.6. The van der Waals surface area contributed by atoms with Gasteiger partial charge in [0.2, 0.25) is 0 Å². The number of piperidine rings is 1. The number of carbonyl (C=O) groups is 1. The third kappa shape index (κ3) is 3.11. The van der Waals surface area contributed by atoms with Gasteiger partial charge in [0, 0.05) is 43.9 Å². The van der Waals surface area contributed by atoms with Gasteiger partial charge < -0.3 is 20.9 Å². The lowest BCUT2D eigenvalue weighted by Gasteiger charge is -2.34. The van der Waals surface area contributed by atoms with E-state index in [1.807, 2.05) is 12.4 Å². The summed E-state index contributed by atoms with van der Waals surface area (Å²) in [5.41, 5.74) is 10.8. The van der Waals surface area contributed by atoms with E-state index in [9.17, 15) is 4.79 Å². The first-order valence-corrected chi connectivity index (χ1v) is 9.92. The van der Waals surface area contributed by atoms with Crippen LogP contribution < -0.4 is 16.0 Å². The number of nitrogens with zero attached hydrogens (tertiary/aromatic N) is 3. The maximum Gasteiger partial charge on any atom is 0.257 e. The molecule has 7 nitrogen and oxygen atoms in total. The molecule has 1 saturated heterocycles. The Labute approximate surface area is 163 Å². The van der Waals surface area contributed by atoms with Crippen LogP contribution in [0.5, 0.6) is 0 Å². The van der Waals surface area contributed by atoms with Crippen LogP contribution in [0.3, 0.4) is 0 Å². The third-order valence-electron chi connectivity index (χ3n) is 5.67. The molecule has 7 heteroatoms. The second kappa shape index (κ2) is 6.91. The van der Waals surface area contributed by atoms with Gasteiger partial charge in [-0.1, -0.05) is 0 Å². The Morgan fingerprint density at radius 1 is 1.29 bits per heavy atom. The fourth-order valence-electron chi connectivity index (χ4n) is 4.13. The second-order valence-electron chi connectivity index (χ2n) is 7.81. The maximum atomic E-state index is 12.7. The number of nitrogens with two attached hydrogens (primary N) is 1. The Bertz CT molecular complexity index is 1010. The maximum absolute atomic E-state index is 12.7. The number of amides is 1. The zero-order valence-corrected chi connectivity index (χ0v) is 15.7. The Hall–Kier alpha value is -2.93. The summed E-state index contributed by atoms with van der Waals surface area (Å²) in [6.45, 7) is 1.81. The molecule has 28 heavy (non-hydrogen) atoms. The molecule has 5 rings (SSSR count). The fraction of sp³-hybridized carbons (Fsp3) is 0.381. The van der Waals surface area contributed by atoms with Gasteiger partial charge in [-0.05, 0) is 49.3 Å². The van der Waals surface area contributed by atoms with E-state index in [2.05, 4.69) is 25.2 Å². The van der Waals surface area contributed by atoms with Crippen molar-refractivity contribution in [1.82, 2.24) is 15.0 Å². The quantitative estimate of drug-likeness (QED) is 0.650. The molecule has 1 atom stereocenters. The van der Waals surface area contributed by atoms with Crippen molar-refractivity contribution in [2.24, 2.45) is 5.73 Å². The minimum Gasteiger partial charge on any atom is -0.369 e. The molecule has 1 amide bonds. The van der Waals surface area contributed by atoms with Crippen molar-refractivity contribution in [2.75, 3.05) is 23.3 Å². The standard InChI is InChI=1S/C21H24N6O/c22-15-4-2-8-27(12-15)19-16(13-5-6-13)10-24-20-18(19)17(11-25-20)26-21(28)14-3-1-7-23-9-14/h1,3,7,9-11,13,15H,2,4-6,8,12,22H2,(H,24,25)(H,26,28)/t15-/m1/s1. The number of nitrogens with one attached hydrogen (secondary N) is 2. The molecule has 3 aromatic heterocycles. The van der Waals surface area contributed by atoms with Gasteiger partial charge in [0.05, 0.1) is 22.3 Å². The summed E-state index contributed by atoms with van der Waals surface area (Å²) < 4.78 is 0. The Morgan fingerprint density at radius 3 is 2.93 bits per heavy atom. The van der Waals surface area contributed by atoms with Crippen molar-refractivity contribution < 1.29 is 4.79 Å². The average Bonchev–Trinajstić information content (AvgIpc) is 3.49. The molecule has 0 bridgehead atoms. The van der Waals surface area contributed by atoms with E-state index in [-0.39, 0.29) is 11.9 Å². The van der Waals surface area contributed by atoms with E-state index < -0.39 is 0 Å². The van der Waals surface area contributed by atoms with Gasteiger partial charge in [0.1, 0.15) is 5.65 Å². The van der Waals surface area contributed by atoms with Gasteiger partial charge in [0.25, 0.3) is 5.91 Å². The van der Waals surface area contributed by atoms with E-state index in [0.29, 0.717) is 11.5 Å². The van der Waals surface area contributed by atoms with Crippen molar-refractivity contribution in [3.05, 3.63) is 48.0 Å². The fourth-order valence-corrected chi connectivity index (χ4v) is 4.13. The molecular weight excluding hydrogens is 352 g/mol. The summed E-state index contributed by atoms with van der Waals surface area (Å²) in [5, 5.41) is 4.03. The number of aromatic amines is 1. The molecule has 2 fully saturated rings. The molecule has 0 unspecified atom stereocenters. The van der Waals surface area contributed by atoms with Gasteiger partial charge in [-0.2, -0.15) is 0 Å². The zero-order chi connectivity index (χ0) is 19.1. The number of carbonyl (C=O) groups excluding carboxylic acids is 1. The molecular formula is C21H24N6O. The predicted molar refractivity (Wildman–Crippen MR) is 110 cm³/mol. The van der Waals surface area contributed by atoms with Crippen molar-refractivity contribution in [3.8, 4) is 0 Å². The number of pyridine rings is 2. The number of H-pyrrole nitrogens is 1. The monoisotopic (exact) mass is 376 g/mol. The zero-order valence-electron chi connectivity index (χ0n) is 15.7. The highest BCUT2D eigenvalue weighted by Gasteiger charge is 2.32. The SMILES string of the molecule is N[C@@H]1CCCN(c2c(C3CC3)cnc3[nH]cc(NC(=O)c4cccnc4)c23)C1. The topological polar surface area (TPSA) is 99.9 Å². The first-order chi connectivity index (χ1) is 13.7. The Kier molecular flexibility index (Phi) is 4.24. The van der Waals surface area contributed by atoms with E-state index in [1.54, 1.807) is 24.5 Å². The lowest BCUT2D eigenvalue weighted by atomic mass is 10.0. The number of fused-ring (bicyclic) bond motifs is 1. The number of aromatic nitrogens is 3. The molecule has 144 valence electrons. The van der Waals surface area contributed by atoms with Crippen LogP contribution in [0, 0.1) is 0 Å². The van der Waals surface area contributed by atoms with E-state index in [0.717, 1.165) is 42.7 Å². The number of hydrogen-bond donors (Lipinski definition) is 3. The number of hydrogen-bond acceptors (Lipinski definition) is 5. The second-order valence-corrected chi connectivity index (χ2v) is 7.81. The van der Waals surface area contributed by atoms with E-state index in [4.69, 9.17) is 5.73 Å². The minimum atomic E-state index is -0.174. The Balaban J connectivity index is 1.59. The molecule has 4 heterocycles. The van der Waals surface area contributed by atoms with Gasteiger partial charge in [-0.25, -0.2) is 4.98 Å². The Morgan fingerprint density at radius 2 is 2.18 bits per heavy atom. The van der Waals surface area contributed by atoms with Crippen molar-refractivity contribution in [3.63, 3.8) is 0 Å². The van der Waals surface area contributed by atoms with E-state index in [1.165, 1.54) is 24.1 Å². The van der Waals surface area contributed by atoms with Crippen molar-refractivity contribution in [2.45, 2.75) is 37.6 Å². The molecule has 1 aliphatic carbocycles. The van der Waals surface area contributed by atoms with Gasteiger partial charge >= 0.3 is 0 Å². The van der Waals surface area contributed by atoms with Crippen LogP contribution in [0.25, 0.3) is 11.0 Å². The molecule has 0 spiro atoms. The highest BCUT2D eigenvalue weighted by molar-refractivity contribution is 6.11. The molecule has 0 aromatic carbocycles. The van der Waals surface area contributed by atoms with Crippen molar-refractivity contribution in [1.29, 1.82) is 0 Å². The van der Waals surface area contributed by atoms with Gasteiger partial charge in [-0.15, -0.1) is 0 Å². The minimum absolute atomic E-state index is 0.174. The largest absolute Gasteiger partial charge is 0.369 e. The smallest absolute Gasteiger partial charge is 0.257 e. The van der Waals surface area contributed by atoms with Crippen LogP contribution in [0.1, 0.15) is 47.5 Å². The lowest BCUT2D eigenvalue weighted by molar-refractivity contribution is 0.102. The molecule has 1 saturated carbocycles. The van der Waals surface area contributed by atoms with Gasteiger partial charge in [0.15, 0.2) is 0 Å². The highest BCUT2D eigenvalue weighted by Crippen LogP contribution is 2.48. The molecule has 2 aliphatic rings. The van der Waals surface area contributed by atoms with Crippen LogP contribution >= 0.6 is 0 Å². The molecule has 0 radical (unpaired) electrons. The molecule has 3 aromatic rings. The van der Waals surface area contributed by atoms with Crippen LogP contribution in [0.15, 0.2) is 36.9 Å². The lowest BCUT2D eigenvalue weighted by Crippen LogP contribution is -2.43. The van der Waals surface area contributed by atoms with Gasteiger partial charge in [-0.3, -0.25) is 9.78 Å². The summed E-state index contributed by atoms with van der Waals surface area (Å²) in [4.78, 5) is 27.0. The predicted octanol–water partition coefficient (Wildman–Crippen LogP) is 3.02. The summed E-state index contributed by atoms with van der Waals surface area (Å²) in [7, 11) is 0. The van der Waals surface area contributed by atoms with Crippen molar-refractivity contribution >= 4 is 28.3 Å². The third-order valence-corrected chi connectivity index (χ3v) is 5.67. The van der Waals surface area contributed by atoms with Crippen LogP contribution in [-0.4, -0.2) is 40.0 Å². The number of anilines is 2. The van der Waals surface area contributed by atoms with Crippen LogP contribution in [0.4, 0.5) is 11.4 Å². The van der Waals surface area contributed by atoms with E-state index >= 15 is 0 Å². The summed E-state index contributed by atoms with van der Waals surface area (Å²) >= 11 is 0. The first kappa shape index (κ1) is 17.2. The summed E-state index contributed by atoms with van der Waals surface area (Å²) in [6, 6.07) is 3.70. The molecule has 4 N–H and O–H groups in total. The first-order valence-electron chi connectivity index (χ1n) is 9.92.